The summed E-state index contributed by atoms with van der Waals surface area (Å²) in [5.41, 5.74) is 4.10. The van der Waals surface area contributed by atoms with Gasteiger partial charge in [-0.3, -0.25) is 0 Å². The van der Waals surface area contributed by atoms with Crippen molar-refractivity contribution in [2.75, 3.05) is 0 Å². The number of hydrogen-bond donors (Lipinski definition) is 2. The molecule has 0 radical (unpaired) electrons. The van der Waals surface area contributed by atoms with Crippen LogP contribution in [0.5, 0.6) is 0 Å². The van der Waals surface area contributed by atoms with Crippen molar-refractivity contribution in [3.05, 3.63) is 127 Å². The molecule has 36 heavy (non-hydrogen) atoms. The lowest BCUT2D eigenvalue weighted by Crippen LogP contribution is -2.29. The molecule has 2 aromatic carbocycles. The number of nitrogens with zero attached hydrogens (tertiary/aromatic N) is 4. The van der Waals surface area contributed by atoms with Gasteiger partial charge in [0.1, 0.15) is 22.9 Å². The minimum absolute atomic E-state index is 0.217. The van der Waals surface area contributed by atoms with Crippen LogP contribution in [0, 0.1) is 11.6 Å². The molecule has 0 aliphatic carbocycles. The van der Waals surface area contributed by atoms with Crippen molar-refractivity contribution in [3.8, 4) is 11.1 Å². The molecule has 0 aliphatic rings. The molecule has 4 aromatic heterocycles. The van der Waals surface area contributed by atoms with E-state index in [2.05, 4.69) is 9.97 Å². The second-order valence-electron chi connectivity index (χ2n) is 7.58. The Morgan fingerprint density at radius 2 is 1.17 bits per heavy atom. The fraction of sp³-hybridized carbons (Fsp3) is 0. The summed E-state index contributed by atoms with van der Waals surface area (Å²) in [4.78, 5) is 8.27. The Labute approximate surface area is 210 Å². The SMILES string of the molecule is Clc1ccn2ccnc2c1.Fc1ccc(-c2ccn3ccnc3c2)cc1.OB(O)c1ccc(F)cc1. The molecule has 180 valence electrons. The molecule has 0 saturated heterocycles. The number of hydrogen-bond acceptors (Lipinski definition) is 4. The van der Waals surface area contributed by atoms with Gasteiger partial charge in [0.2, 0.25) is 0 Å². The predicted molar refractivity (Wildman–Crippen MR) is 137 cm³/mol. The van der Waals surface area contributed by atoms with Gasteiger partial charge in [-0.05, 0) is 65.1 Å². The first kappa shape index (κ1) is 25.1. The molecule has 10 heteroatoms. The minimum Gasteiger partial charge on any atom is -0.423 e. The van der Waals surface area contributed by atoms with E-state index in [4.69, 9.17) is 21.6 Å². The Morgan fingerprint density at radius 1 is 0.639 bits per heavy atom. The molecule has 0 aliphatic heterocycles. The Balaban J connectivity index is 0.000000133. The van der Waals surface area contributed by atoms with Crippen LogP contribution in [0.15, 0.2) is 110 Å². The second kappa shape index (κ2) is 11.6. The molecule has 0 amide bonds. The number of pyridine rings is 2. The standard InChI is InChI=1S/C13H9FN2.C7H5ClN2.C6H6BFO2/c14-12-3-1-10(2-4-12)11-5-7-16-8-6-15-13(16)9-11;8-6-1-3-10-4-2-9-7(10)5-6;8-6-3-1-5(2-4-6)7(9)10/h1-9H;1-5H;1-4,9-10H. The zero-order valence-corrected chi connectivity index (χ0v) is 19.5. The molecule has 2 N–H and O–H groups in total. The maximum absolute atomic E-state index is 12.8. The van der Waals surface area contributed by atoms with E-state index in [1.807, 2.05) is 57.9 Å². The molecule has 4 heterocycles. The van der Waals surface area contributed by atoms with Gasteiger partial charge in [-0.2, -0.15) is 0 Å². The summed E-state index contributed by atoms with van der Waals surface area (Å²) < 4.78 is 28.8. The maximum Gasteiger partial charge on any atom is 0.488 e. The number of halogens is 3. The van der Waals surface area contributed by atoms with E-state index in [0.29, 0.717) is 5.46 Å². The second-order valence-corrected chi connectivity index (χ2v) is 8.01. The lowest BCUT2D eigenvalue weighted by molar-refractivity contribution is 0.425. The summed E-state index contributed by atoms with van der Waals surface area (Å²) in [6.07, 6.45) is 11.1. The highest BCUT2D eigenvalue weighted by Crippen LogP contribution is 2.20. The molecule has 0 saturated carbocycles. The Kier molecular flexibility index (Phi) is 8.07. The van der Waals surface area contributed by atoms with Crippen molar-refractivity contribution in [1.29, 1.82) is 0 Å². The normalized spacial score (nSPS) is 10.4. The zero-order chi connectivity index (χ0) is 25.5. The number of aromatic nitrogens is 4. The largest absolute Gasteiger partial charge is 0.488 e. The van der Waals surface area contributed by atoms with E-state index in [0.717, 1.165) is 27.4 Å². The molecule has 6 nitrogen and oxygen atoms in total. The summed E-state index contributed by atoms with van der Waals surface area (Å²) in [7, 11) is -1.51. The zero-order valence-electron chi connectivity index (χ0n) is 18.8. The van der Waals surface area contributed by atoms with Crippen molar-refractivity contribution in [2.24, 2.45) is 0 Å². The predicted octanol–water partition coefficient (Wildman–Crippen LogP) is 4.63. The van der Waals surface area contributed by atoms with Crippen LogP contribution in [-0.2, 0) is 0 Å². The average Bonchev–Trinajstić information content (AvgIpc) is 3.54. The van der Waals surface area contributed by atoms with Gasteiger partial charge >= 0.3 is 7.12 Å². The van der Waals surface area contributed by atoms with Gasteiger partial charge in [0.15, 0.2) is 0 Å². The summed E-state index contributed by atoms with van der Waals surface area (Å²) in [5, 5.41) is 17.8. The van der Waals surface area contributed by atoms with E-state index in [9.17, 15) is 8.78 Å². The first-order chi connectivity index (χ1) is 17.4. The van der Waals surface area contributed by atoms with Crippen LogP contribution in [0.2, 0.25) is 5.02 Å². The molecule has 0 spiro atoms. The maximum atomic E-state index is 12.8. The number of benzene rings is 2. The molecule has 6 rings (SSSR count). The fourth-order valence-electron chi connectivity index (χ4n) is 3.25. The van der Waals surface area contributed by atoms with Crippen LogP contribution >= 0.6 is 11.6 Å². The lowest BCUT2D eigenvalue weighted by atomic mass is 9.80. The molecule has 0 unspecified atom stereocenters. The topological polar surface area (TPSA) is 75.1 Å². The Morgan fingerprint density at radius 3 is 1.75 bits per heavy atom. The average molecular weight is 505 g/mol. The third-order valence-corrected chi connectivity index (χ3v) is 5.34. The summed E-state index contributed by atoms with van der Waals surface area (Å²) in [6.45, 7) is 0. The summed E-state index contributed by atoms with van der Waals surface area (Å²) in [6, 6.07) is 19.1. The lowest BCUT2D eigenvalue weighted by Gasteiger charge is -2.02. The van der Waals surface area contributed by atoms with E-state index >= 15 is 0 Å². The molecular formula is C26H20BClF2N4O2. The van der Waals surface area contributed by atoms with E-state index in [1.165, 1.54) is 36.4 Å². The monoisotopic (exact) mass is 504 g/mol. The Bertz CT molecular complexity index is 1550. The number of imidazole rings is 2. The van der Waals surface area contributed by atoms with Crippen LogP contribution in [0.1, 0.15) is 0 Å². The highest BCUT2D eigenvalue weighted by molar-refractivity contribution is 6.58. The van der Waals surface area contributed by atoms with Crippen molar-refractivity contribution in [1.82, 2.24) is 18.8 Å². The van der Waals surface area contributed by atoms with Gasteiger partial charge in [0.25, 0.3) is 0 Å². The van der Waals surface area contributed by atoms with Crippen molar-refractivity contribution >= 4 is 35.5 Å². The molecular weight excluding hydrogens is 485 g/mol. The highest BCUT2D eigenvalue weighted by atomic mass is 35.5. The van der Waals surface area contributed by atoms with Gasteiger partial charge in [0, 0.05) is 42.2 Å². The van der Waals surface area contributed by atoms with Crippen molar-refractivity contribution in [2.45, 2.75) is 0 Å². The highest BCUT2D eigenvalue weighted by Gasteiger charge is 2.09. The Hall–Kier alpha value is -4.05. The van der Waals surface area contributed by atoms with E-state index < -0.39 is 7.12 Å². The van der Waals surface area contributed by atoms with Crippen LogP contribution in [0.25, 0.3) is 22.4 Å². The number of rotatable bonds is 2. The van der Waals surface area contributed by atoms with Crippen molar-refractivity contribution < 1.29 is 18.8 Å². The quantitative estimate of drug-likeness (QED) is 0.337. The summed E-state index contributed by atoms with van der Waals surface area (Å²) in [5.74, 6) is -0.602. The molecule has 0 fully saturated rings. The van der Waals surface area contributed by atoms with Crippen LogP contribution in [0.3, 0.4) is 0 Å². The van der Waals surface area contributed by atoms with E-state index in [-0.39, 0.29) is 11.6 Å². The van der Waals surface area contributed by atoms with Gasteiger partial charge in [-0.25, -0.2) is 18.7 Å². The molecule has 0 bridgehead atoms. The third-order valence-electron chi connectivity index (χ3n) is 5.10. The molecule has 0 atom stereocenters. The first-order valence-electron chi connectivity index (χ1n) is 10.8. The molecule has 6 aromatic rings. The van der Waals surface area contributed by atoms with Crippen LogP contribution < -0.4 is 5.46 Å². The third kappa shape index (κ3) is 6.54. The number of fused-ring (bicyclic) bond motifs is 2. The summed E-state index contributed by atoms with van der Waals surface area (Å²) >= 11 is 5.72. The fourth-order valence-corrected chi connectivity index (χ4v) is 3.41. The minimum atomic E-state index is -1.51. The van der Waals surface area contributed by atoms with Gasteiger partial charge < -0.3 is 18.8 Å². The smallest absolute Gasteiger partial charge is 0.423 e. The van der Waals surface area contributed by atoms with Gasteiger partial charge in [-0.15, -0.1) is 0 Å². The van der Waals surface area contributed by atoms with Crippen LogP contribution in [0.4, 0.5) is 8.78 Å². The first-order valence-corrected chi connectivity index (χ1v) is 11.2. The van der Waals surface area contributed by atoms with Crippen LogP contribution in [-0.4, -0.2) is 35.9 Å². The van der Waals surface area contributed by atoms with Gasteiger partial charge in [-0.1, -0.05) is 35.9 Å². The van der Waals surface area contributed by atoms with E-state index in [1.54, 1.807) is 24.5 Å². The van der Waals surface area contributed by atoms with Gasteiger partial charge in [0.05, 0.1) is 0 Å². The van der Waals surface area contributed by atoms with Crippen molar-refractivity contribution in [3.63, 3.8) is 0 Å².